The molecule has 4 amide bonds. The summed E-state index contributed by atoms with van der Waals surface area (Å²) in [5.74, 6) is 0.385. The Bertz CT molecular complexity index is 1480. The molecule has 13 nitrogen and oxygen atoms in total. The normalized spacial score (nSPS) is 18.1. The lowest BCUT2D eigenvalue weighted by Gasteiger charge is -2.41. The minimum Gasteiger partial charge on any atom is -0.410 e. The molecule has 2 fully saturated rings. The van der Waals surface area contributed by atoms with Crippen molar-refractivity contribution in [2.24, 2.45) is 5.41 Å². The standard InChI is InChI=1S/C28H34N8O5/c1-17-14-29-23-22(17)24(32-16-31-23)36-11-9-28(10-12-36,15-30-25(38)20-7-8-21(37)34-20)26(39)33-18-5-4-6-19(13-18)41-27(40)35(2)3/h4-6,13-14,16,20H,7-12,15H2,1-3H3,(H,30,38)(H,33,39)(H,34,37)(H,29,31,32). The first-order valence-corrected chi connectivity index (χ1v) is 13.6. The fourth-order valence-corrected chi connectivity index (χ4v) is 5.25. The van der Waals surface area contributed by atoms with Gasteiger partial charge in [-0.3, -0.25) is 14.4 Å². The van der Waals surface area contributed by atoms with E-state index in [4.69, 9.17) is 4.74 Å². The maximum Gasteiger partial charge on any atom is 0.414 e. The summed E-state index contributed by atoms with van der Waals surface area (Å²) in [7, 11) is 3.17. The zero-order chi connectivity index (χ0) is 29.1. The largest absolute Gasteiger partial charge is 0.414 e. The van der Waals surface area contributed by atoms with Crippen LogP contribution in [0.25, 0.3) is 11.0 Å². The molecule has 4 N–H and O–H groups in total. The van der Waals surface area contributed by atoms with E-state index in [1.807, 2.05) is 13.1 Å². The van der Waals surface area contributed by atoms with Crippen LogP contribution in [0.15, 0.2) is 36.8 Å². The molecule has 41 heavy (non-hydrogen) atoms. The van der Waals surface area contributed by atoms with E-state index < -0.39 is 17.6 Å². The molecule has 2 aliphatic rings. The Labute approximate surface area is 237 Å². The Morgan fingerprint density at radius 1 is 1.20 bits per heavy atom. The number of benzene rings is 1. The van der Waals surface area contributed by atoms with E-state index >= 15 is 0 Å². The number of hydrogen-bond acceptors (Lipinski definition) is 8. The van der Waals surface area contributed by atoms with Crippen LogP contribution in [0.2, 0.25) is 0 Å². The number of fused-ring (bicyclic) bond motifs is 1. The first-order valence-electron chi connectivity index (χ1n) is 13.6. The predicted molar refractivity (Wildman–Crippen MR) is 151 cm³/mol. The monoisotopic (exact) mass is 562 g/mol. The van der Waals surface area contributed by atoms with Crippen LogP contribution in [0.1, 0.15) is 31.2 Å². The van der Waals surface area contributed by atoms with Gasteiger partial charge < -0.3 is 35.5 Å². The van der Waals surface area contributed by atoms with Gasteiger partial charge in [-0.2, -0.15) is 0 Å². The lowest BCUT2D eigenvalue weighted by Crippen LogP contribution is -2.54. The van der Waals surface area contributed by atoms with Crippen molar-refractivity contribution in [1.29, 1.82) is 0 Å². The Hall–Kier alpha value is -4.68. The second-order valence-electron chi connectivity index (χ2n) is 10.8. The number of ether oxygens (including phenoxy) is 1. The number of aromatic nitrogens is 3. The number of aryl methyl sites for hydroxylation is 1. The lowest BCUT2D eigenvalue weighted by atomic mass is 9.77. The van der Waals surface area contributed by atoms with Gasteiger partial charge in [0.05, 0.1) is 10.8 Å². The third-order valence-corrected chi connectivity index (χ3v) is 7.72. The van der Waals surface area contributed by atoms with E-state index in [0.29, 0.717) is 50.2 Å². The Morgan fingerprint density at radius 3 is 2.68 bits per heavy atom. The highest BCUT2D eigenvalue weighted by Gasteiger charge is 2.43. The molecule has 0 saturated carbocycles. The highest BCUT2D eigenvalue weighted by molar-refractivity contribution is 5.97. The summed E-state index contributed by atoms with van der Waals surface area (Å²) in [6, 6.07) is 6.02. The number of rotatable bonds is 7. The van der Waals surface area contributed by atoms with Crippen molar-refractivity contribution in [2.75, 3.05) is 43.9 Å². The summed E-state index contributed by atoms with van der Waals surface area (Å²) < 4.78 is 5.34. The molecule has 1 aromatic carbocycles. The molecule has 0 spiro atoms. The van der Waals surface area contributed by atoms with Crippen LogP contribution in [0.3, 0.4) is 0 Å². The summed E-state index contributed by atoms with van der Waals surface area (Å²) in [5.41, 5.74) is 1.33. The molecular weight excluding hydrogens is 528 g/mol. The fraction of sp³-hybridized carbons (Fsp3) is 0.429. The van der Waals surface area contributed by atoms with Gasteiger partial charge in [-0.15, -0.1) is 0 Å². The molecule has 0 radical (unpaired) electrons. The van der Waals surface area contributed by atoms with Crippen LogP contribution >= 0.6 is 0 Å². The van der Waals surface area contributed by atoms with Crippen molar-refractivity contribution in [1.82, 2.24) is 30.5 Å². The maximum absolute atomic E-state index is 13.9. The molecule has 2 saturated heterocycles. The molecular formula is C28H34N8O5. The van der Waals surface area contributed by atoms with Crippen molar-refractivity contribution in [3.05, 3.63) is 42.4 Å². The van der Waals surface area contributed by atoms with E-state index in [9.17, 15) is 19.2 Å². The Morgan fingerprint density at radius 2 is 1.98 bits per heavy atom. The van der Waals surface area contributed by atoms with E-state index in [2.05, 4.69) is 35.8 Å². The number of amides is 4. The van der Waals surface area contributed by atoms with Gasteiger partial charge in [-0.05, 0) is 43.9 Å². The molecule has 1 atom stereocenters. The number of nitrogens with one attached hydrogen (secondary N) is 4. The molecule has 0 aliphatic carbocycles. The number of H-pyrrole nitrogens is 1. The molecule has 5 rings (SSSR count). The van der Waals surface area contributed by atoms with Crippen molar-refractivity contribution < 1.29 is 23.9 Å². The molecule has 4 heterocycles. The van der Waals surface area contributed by atoms with Crippen molar-refractivity contribution >= 4 is 46.4 Å². The van der Waals surface area contributed by atoms with E-state index in [1.165, 1.54) is 11.2 Å². The highest BCUT2D eigenvalue weighted by atomic mass is 16.6. The van der Waals surface area contributed by atoms with Gasteiger partial charge in [0.1, 0.15) is 29.6 Å². The summed E-state index contributed by atoms with van der Waals surface area (Å²) in [6.07, 6.45) is 4.51. The van der Waals surface area contributed by atoms with E-state index in [-0.39, 0.29) is 24.3 Å². The zero-order valence-electron chi connectivity index (χ0n) is 23.3. The highest BCUT2D eigenvalue weighted by Crippen LogP contribution is 2.36. The number of anilines is 2. The van der Waals surface area contributed by atoms with Gasteiger partial charge in [0.15, 0.2) is 0 Å². The first-order chi connectivity index (χ1) is 19.6. The van der Waals surface area contributed by atoms with Crippen LogP contribution in [0.5, 0.6) is 5.75 Å². The third kappa shape index (κ3) is 5.93. The molecule has 3 aromatic rings. The summed E-state index contributed by atoms with van der Waals surface area (Å²) >= 11 is 0. The Balaban J connectivity index is 1.34. The average Bonchev–Trinajstić information content (AvgIpc) is 3.57. The Kier molecular flexibility index (Phi) is 7.77. The van der Waals surface area contributed by atoms with Crippen LogP contribution in [-0.4, -0.2) is 83.4 Å². The van der Waals surface area contributed by atoms with Crippen molar-refractivity contribution in [3.8, 4) is 5.75 Å². The third-order valence-electron chi connectivity index (χ3n) is 7.72. The topological polar surface area (TPSA) is 162 Å². The molecule has 216 valence electrons. The van der Waals surface area contributed by atoms with E-state index in [1.54, 1.807) is 38.4 Å². The van der Waals surface area contributed by atoms with Crippen LogP contribution in [0, 0.1) is 12.3 Å². The first kappa shape index (κ1) is 27.9. The van der Waals surface area contributed by atoms with Crippen LogP contribution in [0.4, 0.5) is 16.3 Å². The number of hydrogen-bond donors (Lipinski definition) is 4. The van der Waals surface area contributed by atoms with Crippen LogP contribution in [-0.2, 0) is 14.4 Å². The summed E-state index contributed by atoms with van der Waals surface area (Å²) in [6.45, 7) is 3.16. The van der Waals surface area contributed by atoms with Gasteiger partial charge in [0, 0.05) is 58.1 Å². The zero-order valence-corrected chi connectivity index (χ0v) is 23.3. The number of carbonyl (C=O) groups is 4. The number of carbonyl (C=O) groups excluding carboxylic acids is 4. The van der Waals surface area contributed by atoms with Crippen molar-refractivity contribution in [2.45, 2.75) is 38.6 Å². The second-order valence-corrected chi connectivity index (χ2v) is 10.8. The van der Waals surface area contributed by atoms with Gasteiger partial charge in [0.25, 0.3) is 0 Å². The molecule has 2 aliphatic heterocycles. The quantitative estimate of drug-likeness (QED) is 0.340. The second kappa shape index (κ2) is 11.4. The minimum absolute atomic E-state index is 0.107. The predicted octanol–water partition coefficient (Wildman–Crippen LogP) is 1.95. The molecule has 2 aromatic heterocycles. The minimum atomic E-state index is -0.926. The molecule has 1 unspecified atom stereocenters. The van der Waals surface area contributed by atoms with Gasteiger partial charge in [-0.25, -0.2) is 14.8 Å². The maximum atomic E-state index is 13.9. The SMILES string of the molecule is Cc1c[nH]c2ncnc(N3CCC(CNC(=O)C4CCC(=O)N4)(C(=O)Nc4cccc(OC(=O)N(C)C)c4)CC3)c12. The molecule has 0 bridgehead atoms. The average molecular weight is 563 g/mol. The summed E-state index contributed by atoms with van der Waals surface area (Å²) in [5, 5.41) is 9.52. The van der Waals surface area contributed by atoms with Crippen molar-refractivity contribution in [3.63, 3.8) is 0 Å². The van der Waals surface area contributed by atoms with Gasteiger partial charge >= 0.3 is 6.09 Å². The van der Waals surface area contributed by atoms with E-state index in [0.717, 1.165) is 22.4 Å². The fourth-order valence-electron chi connectivity index (χ4n) is 5.25. The van der Waals surface area contributed by atoms with Gasteiger partial charge in [0.2, 0.25) is 17.7 Å². The smallest absolute Gasteiger partial charge is 0.410 e. The van der Waals surface area contributed by atoms with Crippen LogP contribution < -0.4 is 25.6 Å². The number of nitrogens with zero attached hydrogens (tertiary/aromatic N) is 4. The number of aromatic amines is 1. The van der Waals surface area contributed by atoms with Gasteiger partial charge in [-0.1, -0.05) is 6.07 Å². The molecule has 13 heteroatoms. The lowest BCUT2D eigenvalue weighted by molar-refractivity contribution is -0.129. The summed E-state index contributed by atoms with van der Waals surface area (Å²) in [4.78, 5) is 65.8. The number of piperidine rings is 1.